The molecule has 5 heteroatoms. The van der Waals surface area contributed by atoms with Crippen LogP contribution >= 0.6 is 11.8 Å². The molecule has 0 spiro atoms. The van der Waals surface area contributed by atoms with Crippen molar-refractivity contribution in [1.82, 2.24) is 0 Å². The van der Waals surface area contributed by atoms with Crippen LogP contribution in [0.5, 0.6) is 0 Å². The second-order valence-electron chi connectivity index (χ2n) is 2.71. The first-order valence-electron chi connectivity index (χ1n) is 3.94. The van der Waals surface area contributed by atoms with Crippen molar-refractivity contribution < 1.29 is 20.1 Å². The minimum Gasteiger partial charge on any atom is -0.388 e. The maximum absolute atomic E-state index is 9.38. The zero-order chi connectivity index (χ0) is 9.14. The van der Waals surface area contributed by atoms with Crippen LogP contribution in [0.15, 0.2) is 0 Å². The van der Waals surface area contributed by atoms with Crippen molar-refractivity contribution >= 4 is 11.8 Å². The van der Waals surface area contributed by atoms with E-state index in [4.69, 9.17) is 9.84 Å². The second kappa shape index (κ2) is 4.43. The quantitative estimate of drug-likeness (QED) is 0.536. The van der Waals surface area contributed by atoms with Gasteiger partial charge in [0.1, 0.15) is 23.7 Å². The molecule has 0 aromatic rings. The van der Waals surface area contributed by atoms with Gasteiger partial charge in [-0.2, -0.15) is 0 Å². The lowest BCUT2D eigenvalue weighted by molar-refractivity contribution is -0.161. The fraction of sp³-hybridized carbons (Fsp3) is 1.00. The number of ether oxygens (including phenoxy) is 1. The highest BCUT2D eigenvalue weighted by Gasteiger charge is 2.37. The predicted molar refractivity (Wildman–Crippen MR) is 45.9 cm³/mol. The van der Waals surface area contributed by atoms with Crippen LogP contribution in [0.3, 0.4) is 0 Å². The average Bonchev–Trinajstić information content (AvgIpc) is 2.07. The molecule has 0 bridgehead atoms. The van der Waals surface area contributed by atoms with Gasteiger partial charge in [0, 0.05) is 0 Å². The van der Waals surface area contributed by atoms with Gasteiger partial charge in [-0.3, -0.25) is 0 Å². The summed E-state index contributed by atoms with van der Waals surface area (Å²) in [6.07, 6.45) is -3.03. The topological polar surface area (TPSA) is 69.9 Å². The van der Waals surface area contributed by atoms with E-state index in [0.29, 0.717) is 0 Å². The molecule has 0 radical (unpaired) electrons. The Morgan fingerprint density at radius 3 is 2.58 bits per heavy atom. The zero-order valence-corrected chi connectivity index (χ0v) is 7.70. The van der Waals surface area contributed by atoms with E-state index < -0.39 is 23.7 Å². The number of thioether (sulfide) groups is 1. The molecule has 1 unspecified atom stereocenters. The van der Waals surface area contributed by atoms with Gasteiger partial charge in [0.2, 0.25) is 0 Å². The highest BCUT2D eigenvalue weighted by Crippen LogP contribution is 2.24. The van der Waals surface area contributed by atoms with Crippen LogP contribution in [-0.4, -0.2) is 51.4 Å². The van der Waals surface area contributed by atoms with Gasteiger partial charge in [0.15, 0.2) is 0 Å². The Hall–Kier alpha value is 0.190. The van der Waals surface area contributed by atoms with Crippen LogP contribution in [0.4, 0.5) is 0 Å². The van der Waals surface area contributed by atoms with Gasteiger partial charge >= 0.3 is 0 Å². The SMILES string of the molecule is CCSC1OC[C@@H](O)[C@@H](O)[C@@H]1O. The third-order valence-corrected chi connectivity index (χ3v) is 2.86. The van der Waals surface area contributed by atoms with Gasteiger partial charge in [-0.05, 0) is 5.75 Å². The molecule has 1 saturated heterocycles. The van der Waals surface area contributed by atoms with Crippen LogP contribution in [0, 0.1) is 0 Å². The van der Waals surface area contributed by atoms with Gasteiger partial charge in [-0.1, -0.05) is 6.92 Å². The van der Waals surface area contributed by atoms with Crippen LogP contribution in [0.1, 0.15) is 6.92 Å². The summed E-state index contributed by atoms with van der Waals surface area (Å²) in [5.41, 5.74) is -0.409. The number of aliphatic hydroxyl groups is 3. The number of hydrogen-bond donors (Lipinski definition) is 3. The number of rotatable bonds is 2. The number of hydrogen-bond acceptors (Lipinski definition) is 5. The van der Waals surface area contributed by atoms with Gasteiger partial charge in [-0.15, -0.1) is 11.8 Å². The van der Waals surface area contributed by atoms with E-state index in [2.05, 4.69) is 0 Å². The van der Waals surface area contributed by atoms with Crippen molar-refractivity contribution in [2.75, 3.05) is 12.4 Å². The smallest absolute Gasteiger partial charge is 0.131 e. The maximum atomic E-state index is 9.38. The van der Waals surface area contributed by atoms with Crippen molar-refractivity contribution in [1.29, 1.82) is 0 Å². The molecule has 0 amide bonds. The van der Waals surface area contributed by atoms with Crippen LogP contribution < -0.4 is 0 Å². The van der Waals surface area contributed by atoms with Crippen molar-refractivity contribution in [3.8, 4) is 0 Å². The van der Waals surface area contributed by atoms with E-state index in [-0.39, 0.29) is 6.61 Å². The summed E-state index contributed by atoms with van der Waals surface area (Å²) < 4.78 is 5.12. The summed E-state index contributed by atoms with van der Waals surface area (Å²) in [5.74, 6) is 0.810. The molecule has 1 aliphatic heterocycles. The Morgan fingerprint density at radius 1 is 1.33 bits per heavy atom. The third-order valence-electron chi connectivity index (χ3n) is 1.79. The van der Waals surface area contributed by atoms with Crippen LogP contribution in [0.25, 0.3) is 0 Å². The summed E-state index contributed by atoms with van der Waals surface area (Å²) >= 11 is 1.42. The Balaban J connectivity index is 2.46. The lowest BCUT2D eigenvalue weighted by Crippen LogP contribution is -2.51. The predicted octanol–water partition coefficient (Wildman–Crippen LogP) is -0.822. The molecular weight excluding hydrogens is 180 g/mol. The highest BCUT2D eigenvalue weighted by atomic mass is 32.2. The summed E-state index contributed by atoms with van der Waals surface area (Å²) in [5, 5.41) is 27.7. The largest absolute Gasteiger partial charge is 0.388 e. The molecule has 4 nitrogen and oxygen atoms in total. The van der Waals surface area contributed by atoms with E-state index >= 15 is 0 Å². The third kappa shape index (κ3) is 2.11. The molecule has 1 fully saturated rings. The first kappa shape index (κ1) is 10.3. The highest BCUT2D eigenvalue weighted by molar-refractivity contribution is 7.99. The summed E-state index contributed by atoms with van der Waals surface area (Å²) in [6.45, 7) is 2.04. The summed E-state index contributed by atoms with van der Waals surface area (Å²) in [6, 6.07) is 0. The monoisotopic (exact) mass is 194 g/mol. The summed E-state index contributed by atoms with van der Waals surface area (Å²) in [4.78, 5) is 0. The van der Waals surface area contributed by atoms with Crippen molar-refractivity contribution in [3.05, 3.63) is 0 Å². The Bertz CT molecular complexity index is 143. The molecule has 1 rings (SSSR count). The van der Waals surface area contributed by atoms with Crippen molar-refractivity contribution in [3.63, 3.8) is 0 Å². The molecule has 0 saturated carbocycles. The lowest BCUT2D eigenvalue weighted by Gasteiger charge is -2.34. The molecule has 0 aromatic heterocycles. The molecule has 0 aliphatic carbocycles. The second-order valence-corrected chi connectivity index (χ2v) is 4.08. The minimum atomic E-state index is -1.08. The molecule has 3 N–H and O–H groups in total. The molecule has 12 heavy (non-hydrogen) atoms. The zero-order valence-electron chi connectivity index (χ0n) is 6.88. The standard InChI is InChI=1S/C7H14O4S/c1-2-12-7-6(10)5(9)4(8)3-11-7/h4-10H,2-3H2,1H3/t4-,5-,6+,7?/m1/s1. The van der Waals surface area contributed by atoms with Crippen molar-refractivity contribution in [2.24, 2.45) is 0 Å². The van der Waals surface area contributed by atoms with Crippen LogP contribution in [0.2, 0.25) is 0 Å². The van der Waals surface area contributed by atoms with E-state index in [1.807, 2.05) is 6.92 Å². The molecule has 1 heterocycles. The number of aliphatic hydroxyl groups excluding tert-OH is 3. The van der Waals surface area contributed by atoms with Crippen LogP contribution in [-0.2, 0) is 4.74 Å². The molecule has 4 atom stereocenters. The van der Waals surface area contributed by atoms with Gasteiger partial charge in [0.25, 0.3) is 0 Å². The Morgan fingerprint density at radius 2 is 2.00 bits per heavy atom. The Labute approximate surface area is 75.5 Å². The fourth-order valence-electron chi connectivity index (χ4n) is 1.09. The van der Waals surface area contributed by atoms with Gasteiger partial charge < -0.3 is 20.1 Å². The maximum Gasteiger partial charge on any atom is 0.131 e. The first-order valence-corrected chi connectivity index (χ1v) is 4.99. The summed E-state index contributed by atoms with van der Waals surface area (Å²) in [7, 11) is 0. The normalized spacial score (nSPS) is 43.0. The minimum absolute atomic E-state index is 0.0931. The van der Waals surface area contributed by atoms with Gasteiger partial charge in [0.05, 0.1) is 6.61 Å². The molecule has 1 aliphatic rings. The first-order chi connectivity index (χ1) is 5.66. The lowest BCUT2D eigenvalue weighted by atomic mass is 10.1. The van der Waals surface area contributed by atoms with E-state index in [0.717, 1.165) is 5.75 Å². The van der Waals surface area contributed by atoms with E-state index in [9.17, 15) is 10.2 Å². The average molecular weight is 194 g/mol. The molecule has 72 valence electrons. The fourth-order valence-corrected chi connectivity index (χ4v) is 1.95. The van der Waals surface area contributed by atoms with Crippen molar-refractivity contribution in [2.45, 2.75) is 30.7 Å². The van der Waals surface area contributed by atoms with E-state index in [1.165, 1.54) is 11.8 Å². The van der Waals surface area contributed by atoms with E-state index in [1.54, 1.807) is 0 Å². The molecular formula is C7H14O4S. The van der Waals surface area contributed by atoms with Gasteiger partial charge in [-0.25, -0.2) is 0 Å². The molecule has 0 aromatic carbocycles. The Kier molecular flexibility index (Phi) is 3.79.